The molecule has 0 saturated carbocycles. The lowest BCUT2D eigenvalue weighted by Crippen LogP contribution is -2.33. The molecule has 0 aliphatic carbocycles. The van der Waals surface area contributed by atoms with Gasteiger partial charge < -0.3 is 30.1 Å². The van der Waals surface area contributed by atoms with Gasteiger partial charge >= 0.3 is 7.60 Å². The summed E-state index contributed by atoms with van der Waals surface area (Å²) >= 11 is 0. The van der Waals surface area contributed by atoms with E-state index in [0.29, 0.717) is 11.2 Å². The van der Waals surface area contributed by atoms with Crippen molar-refractivity contribution in [1.29, 1.82) is 0 Å². The number of aliphatic hydroxyl groups excluding tert-OH is 1. The van der Waals surface area contributed by atoms with Gasteiger partial charge in [0.15, 0.2) is 17.7 Å². The van der Waals surface area contributed by atoms with Crippen molar-refractivity contribution in [1.82, 2.24) is 19.5 Å². The molecule has 12 heteroatoms. The molecule has 0 bridgehead atoms. The summed E-state index contributed by atoms with van der Waals surface area (Å²) in [6.45, 7) is 0. The maximum Gasteiger partial charge on any atom is 0.325 e. The first-order valence-corrected chi connectivity index (χ1v) is 8.95. The van der Waals surface area contributed by atoms with E-state index >= 15 is 0 Å². The fourth-order valence-electron chi connectivity index (χ4n) is 2.79. The van der Waals surface area contributed by atoms with Crippen LogP contribution in [0.2, 0.25) is 0 Å². The summed E-state index contributed by atoms with van der Waals surface area (Å²) in [6.07, 6.45) is -1.01. The molecule has 5 N–H and O–H groups in total. The van der Waals surface area contributed by atoms with E-state index in [1.54, 1.807) is 4.57 Å². The highest BCUT2D eigenvalue weighted by Crippen LogP contribution is 2.40. The molecule has 132 valence electrons. The molecule has 1 saturated heterocycles. The number of aromatic nitrogens is 4. The minimum atomic E-state index is -4.19. The maximum atomic E-state index is 11.0. The molecule has 1 fully saturated rings. The topological polar surface area (TPSA) is 166 Å². The molecule has 1 aliphatic heterocycles. The highest BCUT2D eigenvalue weighted by Gasteiger charge is 2.45. The van der Waals surface area contributed by atoms with Crippen LogP contribution in [-0.4, -0.2) is 66.0 Å². The zero-order valence-electron chi connectivity index (χ0n) is 12.8. The normalized spacial score (nSPS) is 27.8. The fourth-order valence-corrected chi connectivity index (χ4v) is 3.38. The molecule has 1 aliphatic rings. The third-order valence-corrected chi connectivity index (χ3v) is 4.79. The van der Waals surface area contributed by atoms with Crippen LogP contribution in [0.4, 0.5) is 5.82 Å². The van der Waals surface area contributed by atoms with Gasteiger partial charge in [0.25, 0.3) is 0 Å². The standard InChI is InChI=1S/C12H18N5O6P/c1-22-9-8(18)6(2-3-24(19,20)21)23-12(9)17-5-16-7-10(13)14-4-15-11(7)17/h4-6,8-9,12,18H,2-3H2,1H3,(H2,13,14,15)(H2,19,20,21). The number of nitrogens with zero attached hydrogens (tertiary/aromatic N) is 4. The van der Waals surface area contributed by atoms with Gasteiger partial charge in [-0.05, 0) is 6.42 Å². The molecule has 3 rings (SSSR count). The summed E-state index contributed by atoms with van der Waals surface area (Å²) in [5.74, 6) is 0.212. The molecular formula is C12H18N5O6P. The number of fused-ring (bicyclic) bond motifs is 1. The first-order chi connectivity index (χ1) is 11.3. The van der Waals surface area contributed by atoms with Crippen LogP contribution in [-0.2, 0) is 14.0 Å². The van der Waals surface area contributed by atoms with E-state index in [1.807, 2.05) is 0 Å². The number of methoxy groups -OCH3 is 1. The Balaban J connectivity index is 1.89. The second kappa shape index (κ2) is 6.36. The van der Waals surface area contributed by atoms with Gasteiger partial charge in [0.1, 0.15) is 24.1 Å². The SMILES string of the molecule is COC1C(O)C(CCP(=O)(O)O)OC1n1cnc2c(N)ncnc21. The molecule has 0 amide bonds. The Bertz CT molecular complexity index is 778. The summed E-state index contributed by atoms with van der Waals surface area (Å²) in [7, 11) is -2.77. The average molecular weight is 359 g/mol. The molecular weight excluding hydrogens is 341 g/mol. The number of rotatable bonds is 5. The Kier molecular flexibility index (Phi) is 4.56. The first-order valence-electron chi connectivity index (χ1n) is 7.15. The lowest BCUT2D eigenvalue weighted by atomic mass is 10.1. The molecule has 24 heavy (non-hydrogen) atoms. The van der Waals surface area contributed by atoms with Gasteiger partial charge in [0, 0.05) is 7.11 Å². The summed E-state index contributed by atoms with van der Waals surface area (Å²) in [6, 6.07) is 0. The van der Waals surface area contributed by atoms with Crippen molar-refractivity contribution in [3.8, 4) is 0 Å². The minimum Gasteiger partial charge on any atom is -0.388 e. The molecule has 2 aromatic rings. The number of anilines is 1. The maximum absolute atomic E-state index is 11.0. The van der Waals surface area contributed by atoms with Gasteiger partial charge in [0.05, 0.1) is 18.6 Å². The number of nitrogen functional groups attached to an aromatic ring is 1. The van der Waals surface area contributed by atoms with Crippen LogP contribution >= 0.6 is 7.60 Å². The second-order valence-corrected chi connectivity index (χ2v) is 7.29. The Morgan fingerprint density at radius 3 is 2.83 bits per heavy atom. The predicted octanol–water partition coefficient (Wildman–Crippen LogP) is -0.750. The van der Waals surface area contributed by atoms with E-state index in [-0.39, 0.29) is 12.2 Å². The lowest BCUT2D eigenvalue weighted by Gasteiger charge is -2.19. The summed E-state index contributed by atoms with van der Waals surface area (Å²) in [5.41, 5.74) is 6.56. The third kappa shape index (κ3) is 3.14. The number of hydrogen-bond acceptors (Lipinski definition) is 8. The quantitative estimate of drug-likeness (QED) is 0.499. The third-order valence-electron chi connectivity index (χ3n) is 3.95. The Labute approximate surface area is 136 Å². The smallest absolute Gasteiger partial charge is 0.325 e. The van der Waals surface area contributed by atoms with Crippen LogP contribution in [0.15, 0.2) is 12.7 Å². The molecule has 11 nitrogen and oxygen atoms in total. The van der Waals surface area contributed by atoms with E-state index in [4.69, 9.17) is 25.0 Å². The van der Waals surface area contributed by atoms with Crippen LogP contribution in [0.25, 0.3) is 11.2 Å². The number of imidazole rings is 1. The van der Waals surface area contributed by atoms with Gasteiger partial charge in [-0.1, -0.05) is 0 Å². The van der Waals surface area contributed by atoms with Gasteiger partial charge in [0.2, 0.25) is 0 Å². The number of hydrogen-bond donors (Lipinski definition) is 4. The van der Waals surface area contributed by atoms with Crippen LogP contribution in [0.5, 0.6) is 0 Å². The van der Waals surface area contributed by atoms with E-state index in [2.05, 4.69) is 15.0 Å². The molecule has 3 heterocycles. The van der Waals surface area contributed by atoms with Crippen LogP contribution in [0, 0.1) is 0 Å². The van der Waals surface area contributed by atoms with Crippen molar-refractivity contribution in [2.24, 2.45) is 0 Å². The zero-order chi connectivity index (χ0) is 17.5. The Morgan fingerprint density at radius 2 is 2.17 bits per heavy atom. The van der Waals surface area contributed by atoms with Gasteiger partial charge in [-0.2, -0.15) is 0 Å². The van der Waals surface area contributed by atoms with Gasteiger partial charge in [-0.15, -0.1) is 0 Å². The van der Waals surface area contributed by atoms with Crippen LogP contribution in [0.1, 0.15) is 12.6 Å². The van der Waals surface area contributed by atoms with Crippen molar-refractivity contribution >= 4 is 24.6 Å². The van der Waals surface area contributed by atoms with Crippen molar-refractivity contribution in [3.05, 3.63) is 12.7 Å². The van der Waals surface area contributed by atoms with Gasteiger partial charge in [-0.3, -0.25) is 9.13 Å². The monoisotopic (exact) mass is 359 g/mol. The number of nitrogens with two attached hydrogens (primary N) is 1. The molecule has 2 aromatic heterocycles. The van der Waals surface area contributed by atoms with Crippen molar-refractivity contribution < 1.29 is 28.9 Å². The number of aliphatic hydroxyl groups is 1. The van der Waals surface area contributed by atoms with E-state index in [0.717, 1.165) is 0 Å². The Morgan fingerprint density at radius 1 is 1.42 bits per heavy atom. The largest absolute Gasteiger partial charge is 0.388 e. The predicted molar refractivity (Wildman–Crippen MR) is 82.0 cm³/mol. The van der Waals surface area contributed by atoms with Crippen molar-refractivity contribution in [2.75, 3.05) is 19.0 Å². The molecule has 0 spiro atoms. The first kappa shape index (κ1) is 17.2. The average Bonchev–Trinajstić information content (AvgIpc) is 3.06. The highest BCUT2D eigenvalue weighted by atomic mass is 31.2. The summed E-state index contributed by atoms with van der Waals surface area (Å²) in [4.78, 5) is 30.1. The Hall–Kier alpha value is -1.62. The van der Waals surface area contributed by atoms with Crippen LogP contribution in [0.3, 0.4) is 0 Å². The van der Waals surface area contributed by atoms with Crippen LogP contribution < -0.4 is 5.73 Å². The molecule has 4 atom stereocenters. The highest BCUT2D eigenvalue weighted by molar-refractivity contribution is 7.51. The zero-order valence-corrected chi connectivity index (χ0v) is 13.7. The summed E-state index contributed by atoms with van der Waals surface area (Å²) < 4.78 is 23.7. The van der Waals surface area contributed by atoms with E-state index in [1.165, 1.54) is 19.8 Å². The lowest BCUT2D eigenvalue weighted by molar-refractivity contribution is -0.0497. The number of ether oxygens (including phenoxy) is 2. The minimum absolute atomic E-state index is 0.00838. The van der Waals surface area contributed by atoms with Crippen molar-refractivity contribution in [2.45, 2.75) is 31.0 Å². The molecule has 0 radical (unpaired) electrons. The molecule has 4 unspecified atom stereocenters. The van der Waals surface area contributed by atoms with Crippen molar-refractivity contribution in [3.63, 3.8) is 0 Å². The van der Waals surface area contributed by atoms with E-state index < -0.39 is 38.3 Å². The second-order valence-electron chi connectivity index (χ2n) is 5.52. The fraction of sp³-hybridized carbons (Fsp3) is 0.583. The molecule has 0 aromatic carbocycles. The van der Waals surface area contributed by atoms with E-state index in [9.17, 15) is 9.67 Å². The summed E-state index contributed by atoms with van der Waals surface area (Å²) in [5, 5.41) is 10.3. The van der Waals surface area contributed by atoms with Gasteiger partial charge in [-0.25, -0.2) is 15.0 Å².